The van der Waals surface area contributed by atoms with Crippen molar-refractivity contribution in [3.05, 3.63) is 22.4 Å². The summed E-state index contributed by atoms with van der Waals surface area (Å²) in [5.41, 5.74) is 1.13. The Balaban J connectivity index is 2.12. The smallest absolute Gasteiger partial charge is 0.279 e. The van der Waals surface area contributed by atoms with Gasteiger partial charge in [0, 0.05) is 18.3 Å². The molecule has 0 saturated carbocycles. The molecular formula is C11H17N5O3S. The first-order valence-electron chi connectivity index (χ1n) is 6.09. The van der Waals surface area contributed by atoms with E-state index in [1.807, 2.05) is 6.26 Å². The van der Waals surface area contributed by atoms with Crippen molar-refractivity contribution in [2.24, 2.45) is 0 Å². The maximum Gasteiger partial charge on any atom is 0.279 e. The van der Waals surface area contributed by atoms with Crippen LogP contribution >= 0.6 is 11.8 Å². The lowest BCUT2D eigenvalue weighted by Crippen LogP contribution is -2.43. The molecule has 20 heavy (non-hydrogen) atoms. The van der Waals surface area contributed by atoms with Gasteiger partial charge in [-0.15, -0.1) is 0 Å². The van der Waals surface area contributed by atoms with Gasteiger partial charge < -0.3 is 20.5 Å². The normalized spacial score (nSPS) is 14.6. The number of aromatic nitrogens is 4. The van der Waals surface area contributed by atoms with Crippen molar-refractivity contribution in [2.45, 2.75) is 18.7 Å². The summed E-state index contributed by atoms with van der Waals surface area (Å²) in [5.74, 6) is 0.655. The Hall–Kier alpha value is -1.42. The van der Waals surface area contributed by atoms with E-state index in [4.69, 9.17) is 5.11 Å². The van der Waals surface area contributed by atoms with E-state index in [-0.39, 0.29) is 23.7 Å². The third-order valence-corrected chi connectivity index (χ3v) is 3.65. The lowest BCUT2D eigenvalue weighted by atomic mass is 10.2. The van der Waals surface area contributed by atoms with Crippen molar-refractivity contribution in [3.63, 3.8) is 0 Å². The van der Waals surface area contributed by atoms with Crippen molar-refractivity contribution in [1.82, 2.24) is 25.5 Å². The third-order valence-electron chi connectivity index (χ3n) is 2.96. The second-order valence-electron chi connectivity index (χ2n) is 4.32. The van der Waals surface area contributed by atoms with Gasteiger partial charge in [0.2, 0.25) is 0 Å². The van der Waals surface area contributed by atoms with E-state index in [1.54, 1.807) is 11.8 Å². The Morgan fingerprint density at radius 2 is 2.30 bits per heavy atom. The average Bonchev–Trinajstić information content (AvgIpc) is 2.87. The largest absolute Gasteiger partial charge is 0.394 e. The number of fused-ring (bicyclic) bond motifs is 1. The molecule has 110 valence electrons. The van der Waals surface area contributed by atoms with Gasteiger partial charge >= 0.3 is 0 Å². The third kappa shape index (κ3) is 3.18. The second kappa shape index (κ2) is 6.84. The molecule has 0 amide bonds. The number of aromatic amines is 2. The van der Waals surface area contributed by atoms with E-state index < -0.39 is 6.10 Å². The number of hydrogen-bond acceptors (Lipinski definition) is 7. The number of nitrogens with zero attached hydrogens (tertiary/aromatic N) is 2. The summed E-state index contributed by atoms with van der Waals surface area (Å²) in [4.78, 5) is 18.1. The molecule has 0 aromatic carbocycles. The minimum absolute atomic E-state index is 0.254. The first-order valence-corrected chi connectivity index (χ1v) is 7.48. The molecule has 2 heterocycles. The van der Waals surface area contributed by atoms with E-state index >= 15 is 0 Å². The van der Waals surface area contributed by atoms with Crippen molar-refractivity contribution >= 4 is 22.8 Å². The zero-order valence-electron chi connectivity index (χ0n) is 11.0. The average molecular weight is 299 g/mol. The fraction of sp³-hybridized carbons (Fsp3) is 0.545. The molecule has 0 aliphatic heterocycles. The van der Waals surface area contributed by atoms with Crippen LogP contribution < -0.4 is 10.9 Å². The summed E-state index contributed by atoms with van der Waals surface area (Å²) < 4.78 is 0. The Morgan fingerprint density at radius 1 is 1.50 bits per heavy atom. The molecule has 0 saturated heterocycles. The quantitative estimate of drug-likeness (QED) is 0.435. The van der Waals surface area contributed by atoms with E-state index in [0.717, 1.165) is 0 Å². The predicted molar refractivity (Wildman–Crippen MR) is 76.6 cm³/mol. The highest BCUT2D eigenvalue weighted by atomic mass is 32.2. The Labute approximate surface area is 119 Å². The maximum absolute atomic E-state index is 11.5. The molecule has 5 N–H and O–H groups in total. The fourth-order valence-corrected chi connectivity index (χ4v) is 2.56. The van der Waals surface area contributed by atoms with Gasteiger partial charge in [0.15, 0.2) is 5.52 Å². The van der Waals surface area contributed by atoms with Gasteiger partial charge in [-0.25, -0.2) is 4.98 Å². The molecule has 2 aromatic heterocycles. The molecule has 0 radical (unpaired) electrons. The number of thioether (sulfide) groups is 1. The Morgan fingerprint density at radius 3 is 3.00 bits per heavy atom. The minimum Gasteiger partial charge on any atom is -0.394 e. The summed E-state index contributed by atoms with van der Waals surface area (Å²) in [7, 11) is 0. The molecular weight excluding hydrogens is 282 g/mol. The lowest BCUT2D eigenvalue weighted by molar-refractivity contribution is 0.0688. The van der Waals surface area contributed by atoms with Crippen molar-refractivity contribution in [3.8, 4) is 0 Å². The Kier molecular flexibility index (Phi) is 5.12. The van der Waals surface area contributed by atoms with Gasteiger partial charge in [-0.05, 0) is 6.26 Å². The Bertz CT molecular complexity index is 613. The van der Waals surface area contributed by atoms with Gasteiger partial charge in [0.1, 0.15) is 5.52 Å². The van der Waals surface area contributed by atoms with Crippen LogP contribution in [0.25, 0.3) is 11.0 Å². The van der Waals surface area contributed by atoms with Crippen LogP contribution in [0.2, 0.25) is 0 Å². The summed E-state index contributed by atoms with van der Waals surface area (Å²) >= 11 is 1.57. The van der Waals surface area contributed by atoms with Crippen LogP contribution in [0.5, 0.6) is 0 Å². The highest BCUT2D eigenvalue weighted by molar-refractivity contribution is 7.98. The van der Waals surface area contributed by atoms with Crippen molar-refractivity contribution in [1.29, 1.82) is 0 Å². The summed E-state index contributed by atoms with van der Waals surface area (Å²) in [6.07, 6.45) is 2.41. The van der Waals surface area contributed by atoms with Gasteiger partial charge in [0.25, 0.3) is 5.56 Å². The molecule has 2 atom stereocenters. The molecule has 8 nitrogen and oxygen atoms in total. The van der Waals surface area contributed by atoms with Crippen LogP contribution in [-0.2, 0) is 6.54 Å². The standard InChI is InChI=1S/C11H17N5O3S/c1-20-4-7(8(18)3-17)12-2-6-9-10(16-15-6)11(19)14-5-13-9/h5,7-8,12,17-18H,2-4H2,1H3,(H,15,16)(H,13,14,19)/t7-,8-/m0/s1. The second-order valence-corrected chi connectivity index (χ2v) is 5.23. The zero-order valence-corrected chi connectivity index (χ0v) is 11.8. The minimum atomic E-state index is -0.840. The van der Waals surface area contributed by atoms with Crippen molar-refractivity contribution < 1.29 is 10.2 Å². The van der Waals surface area contributed by atoms with E-state index in [1.165, 1.54) is 6.33 Å². The fourth-order valence-electron chi connectivity index (χ4n) is 1.86. The highest BCUT2D eigenvalue weighted by Crippen LogP contribution is 2.09. The molecule has 2 rings (SSSR count). The highest BCUT2D eigenvalue weighted by Gasteiger charge is 2.18. The molecule has 0 unspecified atom stereocenters. The first-order chi connectivity index (χ1) is 9.67. The number of rotatable bonds is 7. The molecule has 0 aliphatic carbocycles. The maximum atomic E-state index is 11.5. The topological polar surface area (TPSA) is 127 Å². The first kappa shape index (κ1) is 15.0. The van der Waals surface area contributed by atoms with Crippen LogP contribution in [0.15, 0.2) is 11.1 Å². The van der Waals surface area contributed by atoms with Crippen LogP contribution in [0.3, 0.4) is 0 Å². The van der Waals surface area contributed by atoms with Crippen LogP contribution in [0, 0.1) is 0 Å². The molecule has 0 bridgehead atoms. The van der Waals surface area contributed by atoms with Gasteiger partial charge in [-0.1, -0.05) is 0 Å². The number of H-pyrrole nitrogens is 2. The number of aliphatic hydroxyl groups excluding tert-OH is 2. The molecule has 0 fully saturated rings. The predicted octanol–water partition coefficient (Wildman–Crippen LogP) is -1.18. The van der Waals surface area contributed by atoms with Gasteiger partial charge in [-0.3, -0.25) is 9.89 Å². The van der Waals surface area contributed by atoms with Gasteiger partial charge in [0.05, 0.1) is 24.7 Å². The zero-order chi connectivity index (χ0) is 14.5. The monoisotopic (exact) mass is 299 g/mol. The summed E-state index contributed by atoms with van der Waals surface area (Å²) in [6.45, 7) is 0.0646. The number of nitrogens with one attached hydrogen (secondary N) is 3. The van der Waals surface area contributed by atoms with Crippen molar-refractivity contribution in [2.75, 3.05) is 18.6 Å². The summed E-state index contributed by atoms with van der Waals surface area (Å²) in [6, 6.07) is -0.254. The molecule has 0 spiro atoms. The van der Waals surface area contributed by atoms with E-state index in [0.29, 0.717) is 23.5 Å². The van der Waals surface area contributed by atoms with Crippen LogP contribution in [0.4, 0.5) is 0 Å². The summed E-state index contributed by atoms with van der Waals surface area (Å²) in [5, 5.41) is 28.5. The number of aliphatic hydroxyl groups is 2. The van der Waals surface area contributed by atoms with E-state index in [9.17, 15) is 9.90 Å². The lowest BCUT2D eigenvalue weighted by Gasteiger charge is -2.21. The van der Waals surface area contributed by atoms with Gasteiger partial charge in [-0.2, -0.15) is 16.9 Å². The van der Waals surface area contributed by atoms with Crippen LogP contribution in [-0.4, -0.2) is 61.1 Å². The number of hydrogen-bond donors (Lipinski definition) is 5. The SMILES string of the molecule is CSC[C@H](NCc1[nH]nc2c(=O)[nH]cnc12)[C@@H](O)CO. The molecule has 2 aromatic rings. The van der Waals surface area contributed by atoms with Crippen LogP contribution in [0.1, 0.15) is 5.69 Å². The molecule has 0 aliphatic rings. The van der Waals surface area contributed by atoms with E-state index in [2.05, 4.69) is 25.5 Å². The molecule has 9 heteroatoms.